The van der Waals surface area contributed by atoms with Crippen molar-refractivity contribution in [3.8, 4) is 0 Å². The molecule has 1 rings (SSSR count). The summed E-state index contributed by atoms with van der Waals surface area (Å²) in [5, 5.41) is 59.1. The average Bonchev–Trinajstić information content (AvgIpc) is 2.88. The van der Waals surface area contributed by atoms with Crippen LogP contribution in [-0.2, 0) is 9.47 Å². The third-order valence-electron chi connectivity index (χ3n) is 7.60. The van der Waals surface area contributed by atoms with Crippen molar-refractivity contribution in [2.24, 2.45) is 5.73 Å². The molecule has 222 valence electrons. The predicted octanol–water partition coefficient (Wildman–Crippen LogP) is 2.50. The molecule has 9 atom stereocenters. The minimum atomic E-state index is -1.48. The molecule has 1 saturated heterocycles. The van der Waals surface area contributed by atoms with Crippen LogP contribution >= 0.6 is 0 Å². The first-order chi connectivity index (χ1) is 17.7. The Morgan fingerprint density at radius 3 is 1.46 bits per heavy atom. The van der Waals surface area contributed by atoms with E-state index in [1.54, 1.807) is 6.92 Å². The van der Waals surface area contributed by atoms with Crippen molar-refractivity contribution in [3.63, 3.8) is 0 Å². The molecular weight excluding hydrogens is 478 g/mol. The van der Waals surface area contributed by atoms with Gasteiger partial charge >= 0.3 is 0 Å². The third kappa shape index (κ3) is 14.6. The lowest BCUT2D eigenvalue weighted by Gasteiger charge is -2.41. The van der Waals surface area contributed by atoms with Crippen molar-refractivity contribution in [1.82, 2.24) is 0 Å². The number of hydrogen-bond donors (Lipinski definition) is 7. The Bertz CT molecular complexity index is 538. The molecule has 0 spiro atoms. The molecule has 37 heavy (non-hydrogen) atoms. The molecule has 0 saturated carbocycles. The fraction of sp³-hybridized carbons (Fsp3) is 1.00. The van der Waals surface area contributed by atoms with Gasteiger partial charge in [0.15, 0.2) is 6.29 Å². The van der Waals surface area contributed by atoms with Crippen LogP contribution in [0, 0.1) is 0 Å². The van der Waals surface area contributed by atoms with Gasteiger partial charge in [-0.1, -0.05) is 89.9 Å². The molecule has 9 nitrogen and oxygen atoms in total. The maximum absolute atomic E-state index is 10.4. The first-order valence-electron chi connectivity index (χ1n) is 14.8. The van der Waals surface area contributed by atoms with Crippen LogP contribution in [0.25, 0.3) is 0 Å². The molecule has 0 unspecified atom stereocenters. The molecule has 0 aromatic rings. The highest BCUT2D eigenvalue weighted by molar-refractivity contribution is 4.89. The minimum absolute atomic E-state index is 0.127. The van der Waals surface area contributed by atoms with Gasteiger partial charge in [0.25, 0.3) is 0 Å². The lowest BCUT2D eigenvalue weighted by atomic mass is 9.99. The van der Waals surface area contributed by atoms with Crippen LogP contribution in [0.3, 0.4) is 0 Å². The van der Waals surface area contributed by atoms with Crippen LogP contribution in [0.4, 0.5) is 0 Å². The van der Waals surface area contributed by atoms with E-state index in [1.807, 2.05) is 6.92 Å². The normalized spacial score (nSPS) is 27.6. The van der Waals surface area contributed by atoms with Crippen LogP contribution in [0.1, 0.15) is 117 Å². The molecule has 1 aliphatic heterocycles. The van der Waals surface area contributed by atoms with Gasteiger partial charge in [0.05, 0.1) is 24.9 Å². The van der Waals surface area contributed by atoms with Crippen LogP contribution < -0.4 is 5.73 Å². The number of nitrogens with two attached hydrogens (primary N) is 1. The maximum atomic E-state index is 10.4. The summed E-state index contributed by atoms with van der Waals surface area (Å²) in [6, 6.07) is -0.127. The Morgan fingerprint density at radius 1 is 0.649 bits per heavy atom. The highest BCUT2D eigenvalue weighted by atomic mass is 16.7. The molecule has 1 aliphatic rings. The van der Waals surface area contributed by atoms with Gasteiger partial charge in [0.1, 0.15) is 24.4 Å². The van der Waals surface area contributed by atoms with Gasteiger partial charge in [-0.3, -0.25) is 0 Å². The fourth-order valence-corrected chi connectivity index (χ4v) is 4.81. The smallest absolute Gasteiger partial charge is 0.187 e. The Balaban J connectivity index is 1.94. The lowest BCUT2D eigenvalue weighted by molar-refractivity contribution is -0.315. The second-order valence-electron chi connectivity index (χ2n) is 11.1. The SMILES string of the molecule is C[C@H](O[C@H]1O[C@@H](CO)[C@H](O)[C@@H](O)[C@@H]1O)[C@@H](O)CCCCCCCCCCCCCCCC[C@H](O)[C@@H](C)N. The summed E-state index contributed by atoms with van der Waals surface area (Å²) >= 11 is 0. The number of hydrogen-bond acceptors (Lipinski definition) is 9. The number of aliphatic hydroxyl groups is 6. The van der Waals surface area contributed by atoms with Crippen LogP contribution in [-0.4, -0.2) is 92.3 Å². The molecule has 0 amide bonds. The topological polar surface area (TPSA) is 166 Å². The van der Waals surface area contributed by atoms with Gasteiger partial charge in [-0.05, 0) is 26.7 Å². The predicted molar refractivity (Wildman–Crippen MR) is 144 cm³/mol. The third-order valence-corrected chi connectivity index (χ3v) is 7.60. The molecule has 8 N–H and O–H groups in total. The van der Waals surface area contributed by atoms with E-state index >= 15 is 0 Å². The van der Waals surface area contributed by atoms with E-state index in [0.29, 0.717) is 6.42 Å². The zero-order chi connectivity index (χ0) is 27.6. The molecule has 0 aliphatic carbocycles. The fourth-order valence-electron chi connectivity index (χ4n) is 4.81. The molecular formula is C28H57NO8. The van der Waals surface area contributed by atoms with Crippen LogP contribution in [0.2, 0.25) is 0 Å². The standard InChI is InChI=1S/C28H57NO8/c1-20(29)22(31)17-15-13-11-9-7-5-3-4-6-8-10-12-14-16-18-23(32)21(2)36-28-27(35)26(34)25(33)24(19-30)37-28/h20-28,30-35H,3-19,29H2,1-2H3/t20-,21+,22+,23+,24+,25+,26-,27+,28+/m1/s1. The summed E-state index contributed by atoms with van der Waals surface area (Å²) < 4.78 is 10.9. The average molecular weight is 536 g/mol. The molecule has 1 heterocycles. The van der Waals surface area contributed by atoms with E-state index in [9.17, 15) is 30.6 Å². The van der Waals surface area contributed by atoms with Gasteiger partial charge in [-0.15, -0.1) is 0 Å². The summed E-state index contributed by atoms with van der Waals surface area (Å²) in [6.45, 7) is 3.03. The summed E-state index contributed by atoms with van der Waals surface area (Å²) in [6.07, 6.45) is 9.91. The molecule has 0 aromatic heterocycles. The van der Waals surface area contributed by atoms with E-state index in [0.717, 1.165) is 32.1 Å². The second kappa shape index (κ2) is 20.5. The summed E-state index contributed by atoms with van der Waals surface area (Å²) in [4.78, 5) is 0. The van der Waals surface area contributed by atoms with Crippen molar-refractivity contribution in [3.05, 3.63) is 0 Å². The van der Waals surface area contributed by atoms with Crippen molar-refractivity contribution >= 4 is 0 Å². The van der Waals surface area contributed by atoms with Crippen molar-refractivity contribution in [2.45, 2.75) is 172 Å². The van der Waals surface area contributed by atoms with Gasteiger partial charge in [-0.25, -0.2) is 0 Å². The van der Waals surface area contributed by atoms with Crippen molar-refractivity contribution < 1.29 is 40.1 Å². The lowest BCUT2D eigenvalue weighted by Crippen LogP contribution is -2.60. The maximum Gasteiger partial charge on any atom is 0.187 e. The van der Waals surface area contributed by atoms with E-state index in [-0.39, 0.29) is 12.1 Å². The Labute approximate surface area is 224 Å². The van der Waals surface area contributed by atoms with Gasteiger partial charge in [0, 0.05) is 6.04 Å². The van der Waals surface area contributed by atoms with Crippen molar-refractivity contribution in [2.75, 3.05) is 6.61 Å². The van der Waals surface area contributed by atoms with E-state index in [1.165, 1.54) is 64.2 Å². The van der Waals surface area contributed by atoms with Gasteiger partial charge in [0.2, 0.25) is 0 Å². The molecule has 0 aromatic carbocycles. The second-order valence-corrected chi connectivity index (χ2v) is 11.1. The first-order valence-corrected chi connectivity index (χ1v) is 14.8. The summed E-state index contributed by atoms with van der Waals surface area (Å²) in [5.41, 5.74) is 5.67. The molecule has 0 bridgehead atoms. The molecule has 1 fully saturated rings. The van der Waals surface area contributed by atoms with Crippen molar-refractivity contribution in [1.29, 1.82) is 0 Å². The number of aliphatic hydroxyl groups excluding tert-OH is 6. The Morgan fingerprint density at radius 2 is 1.05 bits per heavy atom. The van der Waals surface area contributed by atoms with Crippen LogP contribution in [0.5, 0.6) is 0 Å². The van der Waals surface area contributed by atoms with Crippen LogP contribution in [0.15, 0.2) is 0 Å². The summed E-state index contributed by atoms with van der Waals surface area (Å²) in [7, 11) is 0. The molecule has 9 heteroatoms. The Hall–Kier alpha value is -0.360. The summed E-state index contributed by atoms with van der Waals surface area (Å²) in [5.74, 6) is 0. The monoisotopic (exact) mass is 535 g/mol. The zero-order valence-corrected chi connectivity index (χ0v) is 23.3. The van der Waals surface area contributed by atoms with Gasteiger partial charge in [-0.2, -0.15) is 0 Å². The quantitative estimate of drug-likeness (QED) is 0.103. The van der Waals surface area contributed by atoms with E-state index in [2.05, 4.69) is 0 Å². The van der Waals surface area contributed by atoms with E-state index in [4.69, 9.17) is 15.2 Å². The largest absolute Gasteiger partial charge is 0.394 e. The van der Waals surface area contributed by atoms with E-state index < -0.39 is 49.5 Å². The highest BCUT2D eigenvalue weighted by Gasteiger charge is 2.44. The van der Waals surface area contributed by atoms with Gasteiger partial charge < -0.3 is 45.8 Å². The number of unbranched alkanes of at least 4 members (excludes halogenated alkanes) is 13. The first kappa shape index (κ1) is 34.7. The Kier molecular flexibility index (Phi) is 19.2. The number of ether oxygens (including phenoxy) is 2. The zero-order valence-electron chi connectivity index (χ0n) is 23.3. The molecule has 0 radical (unpaired) electrons. The number of rotatable bonds is 22. The minimum Gasteiger partial charge on any atom is -0.394 e. The highest BCUT2D eigenvalue weighted by Crippen LogP contribution is 2.24.